The van der Waals surface area contributed by atoms with Gasteiger partial charge in [-0.05, 0) is 44.9 Å². The lowest BCUT2D eigenvalue weighted by Crippen LogP contribution is -2.33. The molecule has 24 heavy (non-hydrogen) atoms. The van der Waals surface area contributed by atoms with Gasteiger partial charge in [-0.3, -0.25) is 0 Å². The Bertz CT molecular complexity index is 572. The maximum absolute atomic E-state index is 11.5. The lowest BCUT2D eigenvalue weighted by Gasteiger charge is -2.19. The van der Waals surface area contributed by atoms with E-state index in [2.05, 4.69) is 16.6 Å². The highest BCUT2D eigenvalue weighted by molar-refractivity contribution is 6.15. The van der Waals surface area contributed by atoms with Crippen LogP contribution in [0.25, 0.3) is 5.57 Å². The molecule has 0 spiro atoms. The van der Waals surface area contributed by atoms with E-state index in [1.807, 2.05) is 20.8 Å². The van der Waals surface area contributed by atoms with Crippen molar-refractivity contribution in [2.75, 3.05) is 20.3 Å². The molecular weight excluding hydrogens is 310 g/mol. The van der Waals surface area contributed by atoms with Gasteiger partial charge in [0.1, 0.15) is 11.4 Å². The minimum absolute atomic E-state index is 0.297. The number of ether oxygens (including phenoxy) is 3. The van der Waals surface area contributed by atoms with Crippen molar-refractivity contribution in [2.45, 2.75) is 32.8 Å². The van der Waals surface area contributed by atoms with E-state index >= 15 is 0 Å². The highest BCUT2D eigenvalue weighted by atomic mass is 16.6. The van der Waals surface area contributed by atoms with E-state index in [4.69, 9.17) is 9.47 Å². The minimum atomic E-state index is -0.503. The second-order valence-electron chi connectivity index (χ2n) is 6.13. The Hall–Kier alpha value is -2.50. The molecule has 0 atom stereocenters. The maximum Gasteiger partial charge on any atom is 0.407 e. The van der Waals surface area contributed by atoms with Gasteiger partial charge >= 0.3 is 12.1 Å². The molecule has 0 aliphatic carbocycles. The maximum atomic E-state index is 11.5. The molecule has 0 aromatic heterocycles. The van der Waals surface area contributed by atoms with Crippen LogP contribution < -0.4 is 10.1 Å². The van der Waals surface area contributed by atoms with Crippen LogP contribution in [0.4, 0.5) is 4.79 Å². The fourth-order valence-corrected chi connectivity index (χ4v) is 1.76. The molecule has 0 aliphatic heterocycles. The van der Waals surface area contributed by atoms with E-state index in [1.165, 1.54) is 7.11 Å². The first-order chi connectivity index (χ1) is 11.2. The first kappa shape index (κ1) is 19.5. The number of benzene rings is 1. The lowest BCUT2D eigenvalue weighted by atomic mass is 10.1. The molecule has 1 aromatic carbocycles. The fraction of sp³-hybridized carbons (Fsp3) is 0.444. The predicted molar refractivity (Wildman–Crippen MR) is 91.8 cm³/mol. The Morgan fingerprint density at radius 2 is 1.79 bits per heavy atom. The molecule has 0 saturated heterocycles. The van der Waals surface area contributed by atoms with Crippen LogP contribution in [0, 0.1) is 0 Å². The summed E-state index contributed by atoms with van der Waals surface area (Å²) in [6, 6.07) is 7.00. The molecule has 0 aliphatic rings. The number of esters is 1. The van der Waals surface area contributed by atoms with Crippen molar-refractivity contribution in [3.05, 3.63) is 36.4 Å². The number of amides is 1. The molecule has 132 valence electrons. The van der Waals surface area contributed by atoms with Crippen molar-refractivity contribution >= 4 is 17.6 Å². The van der Waals surface area contributed by atoms with Crippen LogP contribution in [0.2, 0.25) is 0 Å². The van der Waals surface area contributed by atoms with Gasteiger partial charge in [-0.15, -0.1) is 0 Å². The van der Waals surface area contributed by atoms with Gasteiger partial charge in [0.15, 0.2) is 0 Å². The molecular formula is C18H25NO5. The van der Waals surface area contributed by atoms with Gasteiger partial charge in [0.25, 0.3) is 0 Å². The zero-order chi connectivity index (χ0) is 18.2. The SMILES string of the molecule is C=C(C(=O)OC)c1ccc(OCCCNC(=O)OC(C)(C)C)cc1. The third-order valence-electron chi connectivity index (χ3n) is 2.89. The monoisotopic (exact) mass is 335 g/mol. The van der Waals surface area contributed by atoms with E-state index in [0.717, 1.165) is 0 Å². The molecule has 6 heteroatoms. The molecule has 0 heterocycles. The molecule has 0 fully saturated rings. The Balaban J connectivity index is 2.30. The molecule has 0 radical (unpaired) electrons. The summed E-state index contributed by atoms with van der Waals surface area (Å²) in [6.07, 6.45) is 0.212. The standard InChI is InChI=1S/C18H25NO5/c1-13(16(20)22-5)14-7-9-15(10-8-14)23-12-6-11-19-17(21)24-18(2,3)4/h7-10H,1,6,11-12H2,2-5H3,(H,19,21). The number of rotatable bonds is 7. The quantitative estimate of drug-likeness (QED) is 0.471. The highest BCUT2D eigenvalue weighted by Gasteiger charge is 2.15. The number of nitrogens with one attached hydrogen (secondary N) is 1. The average molecular weight is 335 g/mol. The molecule has 1 rings (SSSR count). The highest BCUT2D eigenvalue weighted by Crippen LogP contribution is 2.18. The summed E-state index contributed by atoms with van der Waals surface area (Å²) in [7, 11) is 1.32. The van der Waals surface area contributed by atoms with Crippen molar-refractivity contribution in [2.24, 2.45) is 0 Å². The van der Waals surface area contributed by atoms with Gasteiger partial charge in [-0.25, -0.2) is 9.59 Å². The molecule has 6 nitrogen and oxygen atoms in total. The van der Waals surface area contributed by atoms with Gasteiger partial charge in [-0.2, -0.15) is 0 Å². The molecule has 0 bridgehead atoms. The normalized spacial score (nSPS) is 10.7. The van der Waals surface area contributed by atoms with Crippen LogP contribution in [-0.2, 0) is 14.3 Å². The summed E-state index contributed by atoms with van der Waals surface area (Å²) < 4.78 is 15.3. The van der Waals surface area contributed by atoms with Gasteiger partial charge in [0.2, 0.25) is 0 Å². The smallest absolute Gasteiger partial charge is 0.407 e. The largest absolute Gasteiger partial charge is 0.494 e. The molecule has 0 saturated carbocycles. The van der Waals surface area contributed by atoms with Crippen LogP contribution >= 0.6 is 0 Å². The fourth-order valence-electron chi connectivity index (χ4n) is 1.76. The van der Waals surface area contributed by atoms with Crippen LogP contribution in [-0.4, -0.2) is 37.9 Å². The second-order valence-corrected chi connectivity index (χ2v) is 6.13. The van der Waals surface area contributed by atoms with Gasteiger partial charge in [0, 0.05) is 6.54 Å². The number of hydrogen-bond donors (Lipinski definition) is 1. The Kier molecular flexibility index (Phi) is 7.30. The van der Waals surface area contributed by atoms with E-state index in [1.54, 1.807) is 24.3 Å². The Morgan fingerprint density at radius 3 is 2.33 bits per heavy atom. The molecule has 1 aromatic rings. The third-order valence-corrected chi connectivity index (χ3v) is 2.89. The van der Waals surface area contributed by atoms with Gasteiger partial charge in [-0.1, -0.05) is 18.7 Å². The number of methoxy groups -OCH3 is 1. The number of hydrogen-bond acceptors (Lipinski definition) is 5. The Labute approximate surface area is 142 Å². The number of alkyl carbamates (subject to hydrolysis) is 1. The van der Waals surface area contributed by atoms with E-state index in [0.29, 0.717) is 36.5 Å². The van der Waals surface area contributed by atoms with Crippen molar-refractivity contribution < 1.29 is 23.8 Å². The molecule has 0 unspecified atom stereocenters. The Morgan fingerprint density at radius 1 is 1.17 bits per heavy atom. The van der Waals surface area contributed by atoms with Crippen molar-refractivity contribution in [1.29, 1.82) is 0 Å². The summed E-state index contributed by atoms with van der Waals surface area (Å²) >= 11 is 0. The van der Waals surface area contributed by atoms with Crippen LogP contribution in [0.1, 0.15) is 32.8 Å². The van der Waals surface area contributed by atoms with Crippen LogP contribution in [0.5, 0.6) is 5.75 Å². The summed E-state index contributed by atoms with van der Waals surface area (Å²) in [5.74, 6) is 0.213. The minimum Gasteiger partial charge on any atom is -0.494 e. The van der Waals surface area contributed by atoms with E-state index in [-0.39, 0.29) is 0 Å². The van der Waals surface area contributed by atoms with Crippen LogP contribution in [0.3, 0.4) is 0 Å². The van der Waals surface area contributed by atoms with Crippen LogP contribution in [0.15, 0.2) is 30.8 Å². The van der Waals surface area contributed by atoms with E-state index < -0.39 is 17.7 Å². The zero-order valence-corrected chi connectivity index (χ0v) is 14.7. The van der Waals surface area contributed by atoms with Crippen molar-refractivity contribution in [3.8, 4) is 5.75 Å². The average Bonchev–Trinajstić information content (AvgIpc) is 2.52. The topological polar surface area (TPSA) is 73.9 Å². The van der Waals surface area contributed by atoms with Crippen molar-refractivity contribution in [1.82, 2.24) is 5.32 Å². The second kappa shape index (κ2) is 8.96. The zero-order valence-electron chi connectivity index (χ0n) is 14.7. The summed E-state index contributed by atoms with van der Waals surface area (Å²) in [5.41, 5.74) is 0.475. The van der Waals surface area contributed by atoms with Crippen molar-refractivity contribution in [3.63, 3.8) is 0 Å². The third kappa shape index (κ3) is 7.17. The van der Waals surface area contributed by atoms with Gasteiger partial charge < -0.3 is 19.5 Å². The van der Waals surface area contributed by atoms with E-state index in [9.17, 15) is 9.59 Å². The lowest BCUT2D eigenvalue weighted by molar-refractivity contribution is -0.133. The first-order valence-electron chi connectivity index (χ1n) is 7.70. The summed E-state index contributed by atoms with van der Waals surface area (Å²) in [6.45, 7) is 10.0. The van der Waals surface area contributed by atoms with Gasteiger partial charge in [0.05, 0.1) is 19.3 Å². The summed E-state index contributed by atoms with van der Waals surface area (Å²) in [5, 5.41) is 2.66. The number of carbonyl (C=O) groups is 2. The molecule has 1 N–H and O–H groups in total. The predicted octanol–water partition coefficient (Wildman–Crippen LogP) is 3.17. The number of carbonyl (C=O) groups excluding carboxylic acids is 2. The summed E-state index contributed by atoms with van der Waals surface area (Å²) in [4.78, 5) is 22.8. The molecule has 1 amide bonds. The first-order valence-corrected chi connectivity index (χ1v) is 7.70.